The lowest BCUT2D eigenvalue weighted by atomic mass is 10.1. The van der Waals surface area contributed by atoms with Crippen LogP contribution in [-0.4, -0.2) is 34.5 Å². The zero-order valence-electron chi connectivity index (χ0n) is 18.0. The van der Waals surface area contributed by atoms with Crippen molar-refractivity contribution in [3.8, 4) is 5.75 Å². The summed E-state index contributed by atoms with van der Waals surface area (Å²) < 4.78 is 29.0. The third kappa shape index (κ3) is 4.23. The highest BCUT2D eigenvalue weighted by Gasteiger charge is 2.23. The summed E-state index contributed by atoms with van der Waals surface area (Å²) >= 11 is 0. The van der Waals surface area contributed by atoms with Crippen molar-refractivity contribution >= 4 is 28.3 Å². The van der Waals surface area contributed by atoms with Crippen LogP contribution in [0.4, 0.5) is 15.8 Å². The lowest BCUT2D eigenvalue weighted by molar-refractivity contribution is 0.101. The average molecular weight is 451 g/mol. The fourth-order valence-electron chi connectivity index (χ4n) is 3.95. The Morgan fingerprint density at radius 1 is 1.06 bits per heavy atom. The molecule has 5 rings (SSSR count). The van der Waals surface area contributed by atoms with Crippen LogP contribution in [0.2, 0.25) is 0 Å². The predicted molar refractivity (Wildman–Crippen MR) is 118 cm³/mol. The maximum absolute atomic E-state index is 13.1. The summed E-state index contributed by atoms with van der Waals surface area (Å²) in [4.78, 5) is 15.3. The number of rotatable bonds is 6. The molecule has 170 valence electrons. The highest BCUT2D eigenvalue weighted by Crippen LogP contribution is 2.32. The number of carbonyl (C=O) groups excluding carboxylic acids is 1. The molecule has 1 amide bonds. The van der Waals surface area contributed by atoms with E-state index in [9.17, 15) is 9.18 Å². The average Bonchev–Trinajstić information content (AvgIpc) is 3.47. The number of hydrogen-bond acceptors (Lipinski definition) is 8. The summed E-state index contributed by atoms with van der Waals surface area (Å²) in [6.07, 6.45) is 3.47. The Hall–Kier alpha value is -3.95. The SMILES string of the molecule is Cc1onc(C(=O)Nc2ccc(N3CCCCC3)c3nonc23)c1COc1ccc(F)cc1. The van der Waals surface area contributed by atoms with Crippen molar-refractivity contribution < 1.29 is 23.1 Å². The van der Waals surface area contributed by atoms with E-state index in [4.69, 9.17) is 13.9 Å². The van der Waals surface area contributed by atoms with Gasteiger partial charge in [0.25, 0.3) is 5.91 Å². The van der Waals surface area contributed by atoms with Crippen LogP contribution in [-0.2, 0) is 6.61 Å². The molecule has 1 aliphatic heterocycles. The fourth-order valence-corrected chi connectivity index (χ4v) is 3.95. The largest absolute Gasteiger partial charge is 0.489 e. The molecule has 0 saturated carbocycles. The van der Waals surface area contributed by atoms with E-state index in [1.165, 1.54) is 30.7 Å². The standard InChI is InChI=1S/C23H22FN5O4/c1-14-17(13-31-16-7-5-15(24)6-8-16)20(26-32-14)23(30)25-18-9-10-19(22-21(18)27-33-28-22)29-11-3-2-4-12-29/h5-10H,2-4,11-13H2,1H3,(H,25,30). The molecule has 1 saturated heterocycles. The highest BCUT2D eigenvalue weighted by atomic mass is 19.1. The normalized spacial score (nSPS) is 13.9. The van der Waals surface area contributed by atoms with Crippen molar-refractivity contribution in [2.45, 2.75) is 32.8 Å². The van der Waals surface area contributed by atoms with Gasteiger partial charge in [-0.05, 0) is 72.9 Å². The number of halogens is 1. The first-order valence-electron chi connectivity index (χ1n) is 10.8. The van der Waals surface area contributed by atoms with Crippen LogP contribution in [0.5, 0.6) is 5.75 Å². The van der Waals surface area contributed by atoms with Crippen molar-refractivity contribution in [3.05, 3.63) is 59.2 Å². The predicted octanol–water partition coefficient (Wildman–Crippen LogP) is 4.48. The number of nitrogens with one attached hydrogen (secondary N) is 1. The summed E-state index contributed by atoms with van der Waals surface area (Å²) in [7, 11) is 0. The Balaban J connectivity index is 1.36. The van der Waals surface area contributed by atoms with Crippen molar-refractivity contribution in [1.82, 2.24) is 15.5 Å². The van der Waals surface area contributed by atoms with Crippen LogP contribution in [0, 0.1) is 12.7 Å². The quantitative estimate of drug-likeness (QED) is 0.457. The molecule has 3 heterocycles. The van der Waals surface area contributed by atoms with Crippen LogP contribution in [0.15, 0.2) is 45.6 Å². The lowest BCUT2D eigenvalue weighted by Crippen LogP contribution is -2.29. The molecule has 4 aromatic rings. The zero-order chi connectivity index (χ0) is 22.8. The van der Waals surface area contributed by atoms with E-state index in [2.05, 4.69) is 25.7 Å². The Bertz CT molecular complexity index is 1280. The van der Waals surface area contributed by atoms with Gasteiger partial charge in [-0.25, -0.2) is 9.02 Å². The smallest absolute Gasteiger partial charge is 0.278 e. The van der Waals surface area contributed by atoms with Gasteiger partial charge in [-0.1, -0.05) is 5.16 Å². The van der Waals surface area contributed by atoms with E-state index < -0.39 is 5.91 Å². The number of ether oxygens (including phenoxy) is 1. The van der Waals surface area contributed by atoms with Gasteiger partial charge in [-0.2, -0.15) is 0 Å². The number of benzene rings is 2. The van der Waals surface area contributed by atoms with Gasteiger partial charge >= 0.3 is 0 Å². The minimum absolute atomic E-state index is 0.0402. The van der Waals surface area contributed by atoms with E-state index in [0.717, 1.165) is 31.6 Å². The third-order valence-electron chi connectivity index (χ3n) is 5.74. The molecule has 1 fully saturated rings. The van der Waals surface area contributed by atoms with Gasteiger partial charge in [0.1, 0.15) is 23.9 Å². The first-order valence-corrected chi connectivity index (χ1v) is 10.8. The number of aryl methyl sites for hydroxylation is 1. The number of carbonyl (C=O) groups is 1. The van der Waals surface area contributed by atoms with E-state index in [1.807, 2.05) is 6.07 Å². The van der Waals surface area contributed by atoms with Gasteiger partial charge in [0, 0.05) is 13.1 Å². The number of anilines is 2. The Morgan fingerprint density at radius 2 is 1.82 bits per heavy atom. The second kappa shape index (κ2) is 8.89. The van der Waals surface area contributed by atoms with Crippen LogP contribution in [0.1, 0.15) is 41.1 Å². The molecule has 1 aliphatic rings. The van der Waals surface area contributed by atoms with Crippen LogP contribution < -0.4 is 15.0 Å². The molecule has 9 nitrogen and oxygen atoms in total. The highest BCUT2D eigenvalue weighted by molar-refractivity contribution is 6.09. The second-order valence-electron chi connectivity index (χ2n) is 7.90. The number of piperidine rings is 1. The molecule has 1 N–H and O–H groups in total. The number of aromatic nitrogens is 3. The number of nitrogens with zero attached hydrogens (tertiary/aromatic N) is 4. The maximum atomic E-state index is 13.1. The van der Waals surface area contributed by atoms with Crippen LogP contribution in [0.3, 0.4) is 0 Å². The Kier molecular flexibility index (Phi) is 5.64. The van der Waals surface area contributed by atoms with E-state index in [-0.39, 0.29) is 18.1 Å². The molecule has 0 bridgehead atoms. The summed E-state index contributed by atoms with van der Waals surface area (Å²) in [5.74, 6) is 0.0890. The molecule has 2 aromatic heterocycles. The van der Waals surface area contributed by atoms with E-state index in [1.54, 1.807) is 13.0 Å². The zero-order valence-corrected chi connectivity index (χ0v) is 18.0. The number of amides is 1. The molecule has 0 radical (unpaired) electrons. The molecule has 0 aliphatic carbocycles. The van der Waals surface area contributed by atoms with E-state index >= 15 is 0 Å². The van der Waals surface area contributed by atoms with Crippen molar-refractivity contribution in [1.29, 1.82) is 0 Å². The molecule has 10 heteroatoms. The Morgan fingerprint density at radius 3 is 2.61 bits per heavy atom. The fraction of sp³-hybridized carbons (Fsp3) is 0.304. The maximum Gasteiger partial charge on any atom is 0.278 e. The van der Waals surface area contributed by atoms with Gasteiger partial charge in [0.2, 0.25) is 0 Å². The van der Waals surface area contributed by atoms with E-state index in [0.29, 0.717) is 33.8 Å². The van der Waals surface area contributed by atoms with Gasteiger partial charge in [0.05, 0.1) is 16.9 Å². The van der Waals surface area contributed by atoms with Crippen LogP contribution in [0.25, 0.3) is 11.0 Å². The molecular weight excluding hydrogens is 429 g/mol. The monoisotopic (exact) mass is 451 g/mol. The van der Waals surface area contributed by atoms with Crippen molar-refractivity contribution in [2.75, 3.05) is 23.3 Å². The molecular formula is C23H22FN5O4. The minimum atomic E-state index is -0.473. The third-order valence-corrected chi connectivity index (χ3v) is 5.74. The lowest BCUT2D eigenvalue weighted by Gasteiger charge is -2.28. The molecule has 2 aromatic carbocycles. The molecule has 0 atom stereocenters. The topological polar surface area (TPSA) is 107 Å². The minimum Gasteiger partial charge on any atom is -0.489 e. The first kappa shape index (κ1) is 20.9. The van der Waals surface area contributed by atoms with Gasteiger partial charge in [-0.3, -0.25) is 4.79 Å². The number of fused-ring (bicyclic) bond motifs is 1. The van der Waals surface area contributed by atoms with Crippen molar-refractivity contribution in [3.63, 3.8) is 0 Å². The summed E-state index contributed by atoms with van der Waals surface area (Å²) in [6, 6.07) is 9.32. The molecule has 0 spiro atoms. The second-order valence-corrected chi connectivity index (χ2v) is 7.90. The number of hydrogen-bond donors (Lipinski definition) is 1. The summed E-state index contributed by atoms with van der Waals surface area (Å²) in [6.45, 7) is 3.63. The first-order chi connectivity index (χ1) is 16.1. The van der Waals surface area contributed by atoms with Crippen LogP contribution >= 0.6 is 0 Å². The van der Waals surface area contributed by atoms with Gasteiger partial charge in [0.15, 0.2) is 16.7 Å². The summed E-state index contributed by atoms with van der Waals surface area (Å²) in [5, 5.41) is 14.8. The summed E-state index contributed by atoms with van der Waals surface area (Å²) in [5.41, 5.74) is 3.06. The molecule has 33 heavy (non-hydrogen) atoms. The molecule has 0 unspecified atom stereocenters. The van der Waals surface area contributed by atoms with Gasteiger partial charge < -0.3 is 19.5 Å². The Labute approximate surface area is 188 Å². The van der Waals surface area contributed by atoms with Gasteiger partial charge in [-0.15, -0.1) is 0 Å². The van der Waals surface area contributed by atoms with Crippen molar-refractivity contribution in [2.24, 2.45) is 0 Å².